The maximum atomic E-state index is 11.9. The van der Waals surface area contributed by atoms with Gasteiger partial charge in [0, 0.05) is 17.4 Å². The first-order valence-electron chi connectivity index (χ1n) is 4.62. The molecular weight excluding hydrogens is 303 g/mol. The fourth-order valence-electron chi connectivity index (χ4n) is 1.05. The number of hydrogen-bond acceptors (Lipinski definition) is 2. The Morgan fingerprint density at radius 1 is 1.29 bits per heavy atom. The second-order valence-corrected chi connectivity index (χ2v) is 3.85. The average Bonchev–Trinajstić information content (AvgIpc) is 2.19. The Hall–Kier alpha value is -1.24. The summed E-state index contributed by atoms with van der Waals surface area (Å²) in [6.45, 7) is 0. The van der Waals surface area contributed by atoms with Crippen LogP contribution in [-0.4, -0.2) is 17.6 Å². The standard InChI is InChI=1S/C10H9BrF3NO2/c11-6-5-9(16)15-7-1-3-8(4-2-7)17-10(12,13)14/h1-4H,5-6H2,(H,15,16). The van der Waals surface area contributed by atoms with Gasteiger partial charge >= 0.3 is 6.36 Å². The second kappa shape index (κ2) is 5.90. The van der Waals surface area contributed by atoms with E-state index in [0.29, 0.717) is 17.4 Å². The van der Waals surface area contributed by atoms with Crippen LogP contribution in [-0.2, 0) is 4.79 Å². The van der Waals surface area contributed by atoms with E-state index in [-0.39, 0.29) is 11.7 Å². The van der Waals surface area contributed by atoms with Gasteiger partial charge in [0.15, 0.2) is 0 Å². The van der Waals surface area contributed by atoms with E-state index in [9.17, 15) is 18.0 Å². The maximum Gasteiger partial charge on any atom is 0.573 e. The van der Waals surface area contributed by atoms with Gasteiger partial charge in [-0.25, -0.2) is 0 Å². The van der Waals surface area contributed by atoms with Crippen molar-refractivity contribution in [1.29, 1.82) is 0 Å². The topological polar surface area (TPSA) is 38.3 Å². The van der Waals surface area contributed by atoms with Crippen LogP contribution in [0.25, 0.3) is 0 Å². The summed E-state index contributed by atoms with van der Waals surface area (Å²) in [5, 5.41) is 3.05. The molecule has 0 spiro atoms. The molecule has 0 heterocycles. The number of alkyl halides is 4. The Labute approximate surface area is 104 Å². The zero-order valence-corrected chi connectivity index (χ0v) is 10.1. The van der Waals surface area contributed by atoms with Crippen LogP contribution in [0.4, 0.5) is 18.9 Å². The normalized spacial score (nSPS) is 11.1. The zero-order valence-electron chi connectivity index (χ0n) is 8.55. The molecule has 0 aliphatic rings. The number of hydrogen-bond donors (Lipinski definition) is 1. The Morgan fingerprint density at radius 2 is 1.88 bits per heavy atom. The molecule has 1 aromatic rings. The van der Waals surface area contributed by atoms with Crippen LogP contribution in [0.2, 0.25) is 0 Å². The Bertz CT molecular complexity index is 378. The highest BCUT2D eigenvalue weighted by Crippen LogP contribution is 2.23. The monoisotopic (exact) mass is 311 g/mol. The molecule has 3 nitrogen and oxygen atoms in total. The molecule has 1 amide bonds. The van der Waals surface area contributed by atoms with Gasteiger partial charge in [0.25, 0.3) is 0 Å². The quantitative estimate of drug-likeness (QED) is 0.866. The number of anilines is 1. The number of rotatable bonds is 4. The lowest BCUT2D eigenvalue weighted by molar-refractivity contribution is -0.274. The van der Waals surface area contributed by atoms with Gasteiger partial charge < -0.3 is 10.1 Å². The molecule has 7 heteroatoms. The smallest absolute Gasteiger partial charge is 0.406 e. The average molecular weight is 312 g/mol. The van der Waals surface area contributed by atoms with Crippen LogP contribution < -0.4 is 10.1 Å². The first kappa shape index (κ1) is 13.8. The predicted molar refractivity (Wildman–Crippen MR) is 60.2 cm³/mol. The summed E-state index contributed by atoms with van der Waals surface area (Å²) < 4.78 is 39.3. The lowest BCUT2D eigenvalue weighted by atomic mass is 10.3. The van der Waals surface area contributed by atoms with Crippen LogP contribution in [0, 0.1) is 0 Å². The van der Waals surface area contributed by atoms with Gasteiger partial charge in [-0.3, -0.25) is 4.79 Å². The molecule has 1 N–H and O–H groups in total. The van der Waals surface area contributed by atoms with E-state index in [1.165, 1.54) is 12.1 Å². The largest absolute Gasteiger partial charge is 0.573 e. The Morgan fingerprint density at radius 3 is 2.35 bits per heavy atom. The molecule has 0 saturated heterocycles. The Kier molecular flexibility index (Phi) is 4.80. The molecule has 0 radical (unpaired) electrons. The molecule has 17 heavy (non-hydrogen) atoms. The summed E-state index contributed by atoms with van der Waals surface area (Å²) in [4.78, 5) is 11.2. The molecule has 0 aromatic heterocycles. The van der Waals surface area contributed by atoms with Crippen molar-refractivity contribution in [2.75, 3.05) is 10.6 Å². The molecule has 0 aliphatic heterocycles. The summed E-state index contributed by atoms with van der Waals surface area (Å²) in [5.74, 6) is -0.539. The molecule has 0 atom stereocenters. The van der Waals surface area contributed by atoms with Gasteiger partial charge in [-0.15, -0.1) is 13.2 Å². The van der Waals surface area contributed by atoms with Crippen LogP contribution >= 0.6 is 15.9 Å². The number of halogens is 4. The van der Waals surface area contributed by atoms with E-state index in [1.807, 2.05) is 0 Å². The van der Waals surface area contributed by atoms with Gasteiger partial charge in [0.1, 0.15) is 5.75 Å². The van der Waals surface area contributed by atoms with Gasteiger partial charge in [0.05, 0.1) is 0 Å². The summed E-state index contributed by atoms with van der Waals surface area (Å²) in [7, 11) is 0. The zero-order chi connectivity index (χ0) is 12.9. The number of amides is 1. The van der Waals surface area contributed by atoms with Crippen molar-refractivity contribution in [1.82, 2.24) is 0 Å². The van der Waals surface area contributed by atoms with Crippen molar-refractivity contribution in [2.24, 2.45) is 0 Å². The minimum Gasteiger partial charge on any atom is -0.406 e. The summed E-state index contributed by atoms with van der Waals surface area (Å²) in [6, 6.07) is 4.95. The van der Waals surface area contributed by atoms with E-state index in [0.717, 1.165) is 12.1 Å². The predicted octanol–water partition coefficient (Wildman–Crippen LogP) is 3.31. The summed E-state index contributed by atoms with van der Waals surface area (Å²) in [5.41, 5.74) is 0.422. The van der Waals surface area contributed by atoms with Gasteiger partial charge in [0.2, 0.25) is 5.91 Å². The molecule has 1 aromatic carbocycles. The molecule has 0 aliphatic carbocycles. The molecule has 0 saturated carbocycles. The summed E-state index contributed by atoms with van der Waals surface area (Å²) >= 11 is 3.10. The molecule has 0 fully saturated rings. The number of benzene rings is 1. The molecule has 0 unspecified atom stereocenters. The van der Waals surface area contributed by atoms with Crippen LogP contribution in [0.1, 0.15) is 6.42 Å². The summed E-state index contributed by atoms with van der Waals surface area (Å²) in [6.07, 6.45) is -4.42. The van der Waals surface area contributed by atoms with Crippen LogP contribution in [0.15, 0.2) is 24.3 Å². The Balaban J connectivity index is 2.59. The third-order valence-electron chi connectivity index (χ3n) is 1.69. The van der Waals surface area contributed by atoms with Crippen molar-refractivity contribution in [3.05, 3.63) is 24.3 Å². The van der Waals surface area contributed by atoms with Gasteiger partial charge in [-0.05, 0) is 24.3 Å². The highest BCUT2D eigenvalue weighted by atomic mass is 79.9. The van der Waals surface area contributed by atoms with E-state index in [1.54, 1.807) is 0 Å². The highest BCUT2D eigenvalue weighted by Gasteiger charge is 2.30. The van der Waals surface area contributed by atoms with E-state index < -0.39 is 6.36 Å². The molecule has 94 valence electrons. The minimum atomic E-state index is -4.71. The molecule has 1 rings (SSSR count). The number of carbonyl (C=O) groups is 1. The van der Waals surface area contributed by atoms with Crippen LogP contribution in [0.3, 0.4) is 0 Å². The molecule has 0 bridgehead atoms. The lowest BCUT2D eigenvalue weighted by Gasteiger charge is -2.09. The number of carbonyl (C=O) groups excluding carboxylic acids is 1. The SMILES string of the molecule is O=C(CCBr)Nc1ccc(OC(F)(F)F)cc1. The fraction of sp³-hybridized carbons (Fsp3) is 0.300. The van der Waals surface area contributed by atoms with Crippen molar-refractivity contribution in [3.8, 4) is 5.75 Å². The first-order valence-corrected chi connectivity index (χ1v) is 5.74. The van der Waals surface area contributed by atoms with Crippen molar-refractivity contribution in [3.63, 3.8) is 0 Å². The number of nitrogens with one attached hydrogen (secondary N) is 1. The third kappa shape index (κ3) is 5.58. The second-order valence-electron chi connectivity index (χ2n) is 3.06. The lowest BCUT2D eigenvalue weighted by Crippen LogP contribution is -2.17. The van der Waals surface area contributed by atoms with Gasteiger partial charge in [-0.2, -0.15) is 0 Å². The third-order valence-corrected chi connectivity index (χ3v) is 2.09. The maximum absolute atomic E-state index is 11.9. The van der Waals surface area contributed by atoms with E-state index >= 15 is 0 Å². The highest BCUT2D eigenvalue weighted by molar-refractivity contribution is 9.09. The van der Waals surface area contributed by atoms with Gasteiger partial charge in [-0.1, -0.05) is 15.9 Å². The fourth-order valence-corrected chi connectivity index (χ4v) is 1.41. The molecular formula is C10H9BrF3NO2. The van der Waals surface area contributed by atoms with Crippen molar-refractivity contribution in [2.45, 2.75) is 12.8 Å². The minimum absolute atomic E-state index is 0.216. The van der Waals surface area contributed by atoms with E-state index in [2.05, 4.69) is 26.0 Å². The van der Waals surface area contributed by atoms with Crippen molar-refractivity contribution < 1.29 is 22.7 Å². The van der Waals surface area contributed by atoms with Crippen LogP contribution in [0.5, 0.6) is 5.75 Å². The first-order chi connectivity index (χ1) is 7.90. The van der Waals surface area contributed by atoms with E-state index in [4.69, 9.17) is 0 Å². The van der Waals surface area contributed by atoms with Crippen molar-refractivity contribution >= 4 is 27.5 Å². The number of ether oxygens (including phenoxy) is 1.